The fourth-order valence-electron chi connectivity index (χ4n) is 1.63. The molecule has 5 heteroatoms. The summed E-state index contributed by atoms with van der Waals surface area (Å²) in [5, 5.41) is 3.10. The number of hydrogen-bond acceptors (Lipinski definition) is 3. The maximum atomic E-state index is 11.7. The molecule has 0 aromatic heterocycles. The zero-order valence-corrected chi connectivity index (χ0v) is 12.3. The van der Waals surface area contributed by atoms with E-state index in [4.69, 9.17) is 0 Å². The summed E-state index contributed by atoms with van der Waals surface area (Å²) < 4.78 is 26.1. The van der Waals surface area contributed by atoms with Crippen LogP contribution in [-0.2, 0) is 10.0 Å². The van der Waals surface area contributed by atoms with Gasteiger partial charge in [-0.1, -0.05) is 33.1 Å². The van der Waals surface area contributed by atoms with E-state index in [1.54, 1.807) is 0 Å². The summed E-state index contributed by atoms with van der Waals surface area (Å²) in [5.74, 6) is 0.172. The van der Waals surface area contributed by atoms with Crippen molar-refractivity contribution in [2.75, 3.05) is 18.8 Å². The maximum absolute atomic E-state index is 11.7. The summed E-state index contributed by atoms with van der Waals surface area (Å²) >= 11 is 0. The van der Waals surface area contributed by atoms with Crippen LogP contribution in [0.3, 0.4) is 0 Å². The minimum Gasteiger partial charge on any atom is -0.316 e. The number of sulfonamides is 1. The molecule has 0 bridgehead atoms. The van der Waals surface area contributed by atoms with Gasteiger partial charge in [0.2, 0.25) is 10.0 Å². The van der Waals surface area contributed by atoms with Crippen molar-refractivity contribution in [3.05, 3.63) is 0 Å². The molecule has 0 aliphatic carbocycles. The van der Waals surface area contributed by atoms with Gasteiger partial charge in [0.15, 0.2) is 0 Å². The Bertz CT molecular complexity index is 266. The molecule has 0 aliphatic rings. The van der Waals surface area contributed by atoms with Crippen LogP contribution >= 0.6 is 0 Å². The van der Waals surface area contributed by atoms with Crippen molar-refractivity contribution >= 4 is 10.0 Å². The first-order valence-electron chi connectivity index (χ1n) is 6.72. The van der Waals surface area contributed by atoms with Crippen molar-refractivity contribution < 1.29 is 8.42 Å². The molecule has 104 valence electrons. The number of unbranched alkanes of at least 4 members (excludes halogenated alkanes) is 2. The zero-order valence-electron chi connectivity index (χ0n) is 11.5. The van der Waals surface area contributed by atoms with Crippen molar-refractivity contribution in [1.29, 1.82) is 0 Å². The third kappa shape index (κ3) is 10.7. The predicted molar refractivity (Wildman–Crippen MR) is 73.7 cm³/mol. The summed E-state index contributed by atoms with van der Waals surface area (Å²) in [6.07, 6.45) is 5.38. The number of rotatable bonds is 11. The predicted octanol–water partition coefficient (Wildman–Crippen LogP) is 1.87. The Balaban J connectivity index is 3.75. The molecule has 1 unspecified atom stereocenters. The van der Waals surface area contributed by atoms with Gasteiger partial charge >= 0.3 is 0 Å². The standard InChI is InChI=1S/C12H28N2O2S/c1-4-6-7-8-12(3)14-17(15,16)11-10-13-9-5-2/h12-14H,4-11H2,1-3H3. The molecule has 4 nitrogen and oxygen atoms in total. The van der Waals surface area contributed by atoms with Crippen LogP contribution < -0.4 is 10.0 Å². The first-order chi connectivity index (χ1) is 8.02. The van der Waals surface area contributed by atoms with E-state index in [0.717, 1.165) is 25.8 Å². The molecule has 0 aromatic carbocycles. The van der Waals surface area contributed by atoms with Gasteiger partial charge in [0, 0.05) is 12.6 Å². The zero-order chi connectivity index (χ0) is 13.1. The van der Waals surface area contributed by atoms with Crippen LogP contribution in [-0.4, -0.2) is 33.3 Å². The summed E-state index contributed by atoms with van der Waals surface area (Å²) in [5.41, 5.74) is 0. The van der Waals surface area contributed by atoms with E-state index in [1.807, 2.05) is 6.92 Å². The molecule has 0 saturated carbocycles. The quantitative estimate of drug-likeness (QED) is 0.560. The molecular weight excluding hydrogens is 236 g/mol. The van der Waals surface area contributed by atoms with Gasteiger partial charge < -0.3 is 5.32 Å². The Labute approximate surface area is 107 Å². The van der Waals surface area contributed by atoms with E-state index in [-0.39, 0.29) is 11.8 Å². The molecule has 0 aliphatic heterocycles. The molecule has 0 heterocycles. The van der Waals surface area contributed by atoms with E-state index in [1.165, 1.54) is 12.8 Å². The Morgan fingerprint density at radius 3 is 2.35 bits per heavy atom. The molecule has 2 N–H and O–H groups in total. The lowest BCUT2D eigenvalue weighted by molar-refractivity contribution is 0.525. The van der Waals surface area contributed by atoms with Gasteiger partial charge in [-0.15, -0.1) is 0 Å². The lowest BCUT2D eigenvalue weighted by Gasteiger charge is -2.14. The van der Waals surface area contributed by atoms with Crippen molar-refractivity contribution in [3.8, 4) is 0 Å². The van der Waals surface area contributed by atoms with Crippen LogP contribution in [0.25, 0.3) is 0 Å². The molecule has 0 saturated heterocycles. The number of nitrogens with one attached hydrogen (secondary N) is 2. The van der Waals surface area contributed by atoms with E-state index in [2.05, 4.69) is 23.9 Å². The van der Waals surface area contributed by atoms with Crippen LogP contribution in [0.1, 0.15) is 52.9 Å². The topological polar surface area (TPSA) is 58.2 Å². The third-order valence-electron chi connectivity index (χ3n) is 2.60. The summed E-state index contributed by atoms with van der Waals surface area (Å²) in [6.45, 7) is 7.56. The molecule has 0 spiro atoms. The lowest BCUT2D eigenvalue weighted by atomic mass is 10.1. The third-order valence-corrected chi connectivity index (χ3v) is 4.10. The summed E-state index contributed by atoms with van der Waals surface area (Å²) in [4.78, 5) is 0. The second kappa shape index (κ2) is 9.85. The van der Waals surface area contributed by atoms with Gasteiger partial charge in [0.25, 0.3) is 0 Å². The van der Waals surface area contributed by atoms with Crippen molar-refractivity contribution in [2.24, 2.45) is 0 Å². The fraction of sp³-hybridized carbons (Fsp3) is 1.00. The van der Waals surface area contributed by atoms with Crippen LogP contribution in [0.15, 0.2) is 0 Å². The van der Waals surface area contributed by atoms with Crippen LogP contribution in [0.2, 0.25) is 0 Å². The lowest BCUT2D eigenvalue weighted by Crippen LogP contribution is -2.37. The molecule has 0 amide bonds. The average molecular weight is 264 g/mol. The minimum atomic E-state index is -3.11. The second-order valence-corrected chi connectivity index (χ2v) is 6.46. The summed E-state index contributed by atoms with van der Waals surface area (Å²) in [7, 11) is -3.11. The molecule has 1 atom stereocenters. The van der Waals surface area contributed by atoms with Gasteiger partial charge in [0.1, 0.15) is 0 Å². The van der Waals surface area contributed by atoms with Gasteiger partial charge in [-0.05, 0) is 26.3 Å². The van der Waals surface area contributed by atoms with Gasteiger partial charge in [-0.25, -0.2) is 13.1 Å². The highest BCUT2D eigenvalue weighted by Crippen LogP contribution is 2.03. The monoisotopic (exact) mass is 264 g/mol. The Morgan fingerprint density at radius 1 is 1.06 bits per heavy atom. The van der Waals surface area contributed by atoms with Crippen molar-refractivity contribution in [2.45, 2.75) is 58.9 Å². The SMILES string of the molecule is CCCCCC(C)NS(=O)(=O)CCNCCC. The molecule has 0 fully saturated rings. The van der Waals surface area contributed by atoms with Crippen LogP contribution in [0.5, 0.6) is 0 Å². The molecule has 0 radical (unpaired) electrons. The van der Waals surface area contributed by atoms with Gasteiger partial charge in [-0.2, -0.15) is 0 Å². The smallest absolute Gasteiger partial charge is 0.213 e. The highest BCUT2D eigenvalue weighted by atomic mass is 32.2. The van der Waals surface area contributed by atoms with Gasteiger partial charge in [0.05, 0.1) is 5.75 Å². The largest absolute Gasteiger partial charge is 0.316 e. The van der Waals surface area contributed by atoms with Gasteiger partial charge in [-0.3, -0.25) is 0 Å². The van der Waals surface area contributed by atoms with E-state index >= 15 is 0 Å². The summed E-state index contributed by atoms with van der Waals surface area (Å²) in [6, 6.07) is 0.0534. The van der Waals surface area contributed by atoms with Crippen molar-refractivity contribution in [3.63, 3.8) is 0 Å². The van der Waals surface area contributed by atoms with E-state index < -0.39 is 10.0 Å². The average Bonchev–Trinajstić information content (AvgIpc) is 2.24. The Hall–Kier alpha value is -0.130. The molecule has 0 aromatic rings. The first kappa shape index (κ1) is 16.9. The molecular formula is C12H28N2O2S. The molecule has 17 heavy (non-hydrogen) atoms. The van der Waals surface area contributed by atoms with Crippen LogP contribution in [0, 0.1) is 0 Å². The normalized spacial score (nSPS) is 13.8. The minimum absolute atomic E-state index is 0.0534. The fourth-order valence-corrected chi connectivity index (χ4v) is 2.90. The maximum Gasteiger partial charge on any atom is 0.213 e. The van der Waals surface area contributed by atoms with E-state index in [9.17, 15) is 8.42 Å². The first-order valence-corrected chi connectivity index (χ1v) is 8.37. The van der Waals surface area contributed by atoms with Crippen molar-refractivity contribution in [1.82, 2.24) is 10.0 Å². The molecule has 0 rings (SSSR count). The highest BCUT2D eigenvalue weighted by molar-refractivity contribution is 7.89. The number of hydrogen-bond donors (Lipinski definition) is 2. The Kier molecular flexibility index (Phi) is 9.78. The van der Waals surface area contributed by atoms with E-state index in [0.29, 0.717) is 6.54 Å². The Morgan fingerprint density at radius 2 is 1.76 bits per heavy atom. The second-order valence-electron chi connectivity index (χ2n) is 4.58. The highest BCUT2D eigenvalue weighted by Gasteiger charge is 2.13. The van der Waals surface area contributed by atoms with Crippen LogP contribution in [0.4, 0.5) is 0 Å².